The van der Waals surface area contributed by atoms with Gasteiger partial charge in [-0.25, -0.2) is 0 Å². The van der Waals surface area contributed by atoms with Gasteiger partial charge in [0.1, 0.15) is 0 Å². The highest BCUT2D eigenvalue weighted by Gasteiger charge is 2.25. The van der Waals surface area contributed by atoms with Crippen LogP contribution in [0, 0.1) is 0 Å². The fourth-order valence-electron chi connectivity index (χ4n) is 3.23. The Kier molecular flexibility index (Phi) is 10.8. The van der Waals surface area contributed by atoms with E-state index in [9.17, 15) is 9.59 Å². The second-order valence-corrected chi connectivity index (χ2v) is 9.07. The number of benzene rings is 1. The van der Waals surface area contributed by atoms with Gasteiger partial charge >= 0.3 is 0 Å². The maximum Gasteiger partial charge on any atom is 0.256 e. The van der Waals surface area contributed by atoms with Crippen molar-refractivity contribution in [2.75, 3.05) is 14.1 Å². The van der Waals surface area contributed by atoms with E-state index in [0.717, 1.165) is 22.4 Å². The summed E-state index contributed by atoms with van der Waals surface area (Å²) in [5.74, 6) is 0.328. The Labute approximate surface area is 215 Å². The summed E-state index contributed by atoms with van der Waals surface area (Å²) in [5.41, 5.74) is 5.08. The minimum Gasteiger partial charge on any atom is -0.388 e. The number of hydrogen-bond donors (Lipinski definition) is 3. The van der Waals surface area contributed by atoms with Crippen LogP contribution < -0.4 is 16.0 Å². The number of allylic oxidation sites excluding steroid dienone is 6. The summed E-state index contributed by atoms with van der Waals surface area (Å²) in [6.45, 7) is 7.88. The average Bonchev–Trinajstić information content (AvgIpc) is 3.08. The molecule has 0 atom stereocenters. The molecule has 1 aromatic carbocycles. The SMILES string of the molecule is C=C1/C(=C/C(NC)=C(C)/C(=C/C)CC(=O)NC)C(=O)N/C1=C/C=C/SCc1c(Cl)cccc1Cl. The highest BCUT2D eigenvalue weighted by atomic mass is 35.5. The average molecular weight is 519 g/mol. The Morgan fingerprint density at radius 2 is 1.88 bits per heavy atom. The van der Waals surface area contributed by atoms with E-state index in [1.54, 1.807) is 38.0 Å². The van der Waals surface area contributed by atoms with Gasteiger partial charge in [-0.1, -0.05) is 48.0 Å². The van der Waals surface area contributed by atoms with Gasteiger partial charge in [-0.15, -0.1) is 11.8 Å². The summed E-state index contributed by atoms with van der Waals surface area (Å²) >= 11 is 13.9. The molecule has 1 heterocycles. The van der Waals surface area contributed by atoms with E-state index in [-0.39, 0.29) is 18.2 Å². The summed E-state index contributed by atoms with van der Waals surface area (Å²) in [5, 5.41) is 11.8. The number of rotatable bonds is 9. The fourth-order valence-corrected chi connectivity index (χ4v) is 4.69. The molecule has 180 valence electrons. The standard InChI is InChI=1S/C26H29Cl2N3O2S/c1-6-18(13-25(32)30-5)16(2)24(29-4)14-19-17(3)23(31-26(19)33)11-8-12-34-15-20-21(27)9-7-10-22(20)28/h6-12,14,29H,3,13,15H2,1-2,4-5H3,(H,30,32)(H,31,33)/b12-8+,18-6+,19-14-,23-11+,24-16-. The molecule has 1 aliphatic rings. The molecule has 0 spiro atoms. The first-order valence-corrected chi connectivity index (χ1v) is 12.4. The molecule has 2 amide bonds. The molecule has 1 fully saturated rings. The summed E-state index contributed by atoms with van der Waals surface area (Å²) in [7, 11) is 3.38. The molecule has 3 N–H and O–H groups in total. The third-order valence-corrected chi connectivity index (χ3v) is 6.81. The topological polar surface area (TPSA) is 70.2 Å². The molecule has 0 bridgehead atoms. The normalized spacial score (nSPS) is 17.4. The monoisotopic (exact) mass is 517 g/mol. The highest BCUT2D eigenvalue weighted by Crippen LogP contribution is 2.29. The van der Waals surface area contributed by atoms with Crippen molar-refractivity contribution < 1.29 is 9.59 Å². The molecule has 8 heteroatoms. The second-order valence-electron chi connectivity index (χ2n) is 7.36. The van der Waals surface area contributed by atoms with Crippen LogP contribution in [0.4, 0.5) is 0 Å². The van der Waals surface area contributed by atoms with E-state index < -0.39 is 0 Å². The Hall–Kier alpha value is -2.67. The molecule has 0 radical (unpaired) electrons. The number of amides is 2. The molecule has 0 saturated carbocycles. The molecule has 34 heavy (non-hydrogen) atoms. The van der Waals surface area contributed by atoms with E-state index in [1.165, 1.54) is 0 Å². The third kappa shape index (κ3) is 7.16. The van der Waals surface area contributed by atoms with Gasteiger partial charge in [0.05, 0.1) is 12.0 Å². The Morgan fingerprint density at radius 3 is 2.47 bits per heavy atom. The van der Waals surface area contributed by atoms with Crippen LogP contribution in [0.25, 0.3) is 0 Å². The number of nitrogens with one attached hydrogen (secondary N) is 3. The van der Waals surface area contributed by atoms with Crippen LogP contribution in [0.5, 0.6) is 0 Å². The van der Waals surface area contributed by atoms with Crippen molar-refractivity contribution in [1.29, 1.82) is 0 Å². The van der Waals surface area contributed by atoms with Crippen molar-refractivity contribution in [3.63, 3.8) is 0 Å². The van der Waals surface area contributed by atoms with Crippen LogP contribution in [0.15, 0.2) is 88.2 Å². The van der Waals surface area contributed by atoms with Crippen molar-refractivity contribution in [1.82, 2.24) is 16.0 Å². The predicted molar refractivity (Wildman–Crippen MR) is 145 cm³/mol. The van der Waals surface area contributed by atoms with Gasteiger partial charge in [0.2, 0.25) is 5.91 Å². The first-order valence-electron chi connectivity index (χ1n) is 10.6. The number of thioether (sulfide) groups is 1. The van der Waals surface area contributed by atoms with E-state index in [4.69, 9.17) is 23.2 Å². The first kappa shape index (κ1) is 27.6. The Balaban J connectivity index is 2.16. The van der Waals surface area contributed by atoms with Crippen molar-refractivity contribution in [2.45, 2.75) is 26.0 Å². The third-order valence-electron chi connectivity index (χ3n) is 5.29. The van der Waals surface area contributed by atoms with Gasteiger partial charge in [-0.2, -0.15) is 0 Å². The smallest absolute Gasteiger partial charge is 0.256 e. The van der Waals surface area contributed by atoms with Crippen LogP contribution in [0.3, 0.4) is 0 Å². The molecule has 5 nitrogen and oxygen atoms in total. The van der Waals surface area contributed by atoms with E-state index in [1.807, 2.05) is 49.6 Å². The summed E-state index contributed by atoms with van der Waals surface area (Å²) in [4.78, 5) is 24.4. The lowest BCUT2D eigenvalue weighted by atomic mass is 9.99. The zero-order valence-electron chi connectivity index (χ0n) is 19.7. The summed E-state index contributed by atoms with van der Waals surface area (Å²) in [6, 6.07) is 5.44. The minimum atomic E-state index is -0.228. The van der Waals surface area contributed by atoms with E-state index in [0.29, 0.717) is 32.6 Å². The van der Waals surface area contributed by atoms with Crippen molar-refractivity contribution in [3.8, 4) is 0 Å². The van der Waals surface area contributed by atoms with Crippen LogP contribution in [0.2, 0.25) is 10.0 Å². The number of carbonyl (C=O) groups excluding carboxylic acids is 2. The first-order chi connectivity index (χ1) is 16.2. The summed E-state index contributed by atoms with van der Waals surface area (Å²) in [6.07, 6.45) is 7.57. The number of likely N-dealkylation sites (N-methyl/N-ethyl adjacent to an activating group) is 1. The van der Waals surface area contributed by atoms with Crippen molar-refractivity contribution in [3.05, 3.63) is 104 Å². The molecule has 2 rings (SSSR count). The van der Waals surface area contributed by atoms with Gasteiger partial charge in [0.25, 0.3) is 5.91 Å². The zero-order valence-corrected chi connectivity index (χ0v) is 22.0. The maximum absolute atomic E-state index is 12.6. The number of hydrogen-bond acceptors (Lipinski definition) is 4. The van der Waals surface area contributed by atoms with Gasteiger partial charge in [-0.05, 0) is 60.2 Å². The van der Waals surface area contributed by atoms with Crippen molar-refractivity contribution >= 4 is 46.8 Å². The van der Waals surface area contributed by atoms with Gasteiger partial charge in [0.15, 0.2) is 0 Å². The molecule has 1 aliphatic heterocycles. The Morgan fingerprint density at radius 1 is 1.21 bits per heavy atom. The Bertz CT molecular complexity index is 1110. The van der Waals surface area contributed by atoms with E-state index in [2.05, 4.69) is 22.5 Å². The van der Waals surface area contributed by atoms with Gasteiger partial charge in [0, 0.05) is 46.9 Å². The van der Waals surface area contributed by atoms with Crippen LogP contribution in [-0.4, -0.2) is 25.9 Å². The largest absolute Gasteiger partial charge is 0.388 e. The number of halogens is 2. The van der Waals surface area contributed by atoms with Gasteiger partial charge < -0.3 is 16.0 Å². The minimum absolute atomic E-state index is 0.0785. The maximum atomic E-state index is 12.6. The molecule has 0 unspecified atom stereocenters. The summed E-state index contributed by atoms with van der Waals surface area (Å²) < 4.78 is 0. The van der Waals surface area contributed by atoms with Crippen molar-refractivity contribution in [2.24, 2.45) is 0 Å². The molecule has 1 saturated heterocycles. The highest BCUT2D eigenvalue weighted by molar-refractivity contribution is 8.01. The zero-order chi connectivity index (χ0) is 25.3. The quantitative estimate of drug-likeness (QED) is 0.285. The van der Waals surface area contributed by atoms with Gasteiger partial charge in [-0.3, -0.25) is 9.59 Å². The second kappa shape index (κ2) is 13.3. The molecular weight excluding hydrogens is 489 g/mol. The lowest BCUT2D eigenvalue weighted by molar-refractivity contribution is -0.120. The molecule has 0 aliphatic carbocycles. The lowest BCUT2D eigenvalue weighted by Gasteiger charge is -2.12. The van der Waals surface area contributed by atoms with E-state index >= 15 is 0 Å². The predicted octanol–water partition coefficient (Wildman–Crippen LogP) is 5.81. The van der Waals surface area contributed by atoms with Crippen LogP contribution >= 0.6 is 35.0 Å². The van der Waals surface area contributed by atoms with Crippen LogP contribution in [-0.2, 0) is 15.3 Å². The fraction of sp³-hybridized carbons (Fsp3) is 0.231. The number of carbonyl (C=O) groups is 2. The lowest BCUT2D eigenvalue weighted by Crippen LogP contribution is -2.19. The molecular formula is C26H29Cl2N3O2S. The molecule has 1 aromatic rings. The molecule has 0 aromatic heterocycles. The van der Waals surface area contributed by atoms with Crippen LogP contribution in [0.1, 0.15) is 25.8 Å².